The van der Waals surface area contributed by atoms with Crippen LogP contribution < -0.4 is 0 Å². The SMILES string of the molecule is C=CC(=O)Cl.[H+].c1ccoc1. The minimum atomic E-state index is -0.509. The molecule has 0 bridgehead atoms. The van der Waals surface area contributed by atoms with Crippen LogP contribution in [-0.4, -0.2) is 5.24 Å². The van der Waals surface area contributed by atoms with Crippen LogP contribution in [-0.2, 0) is 4.79 Å². The zero-order valence-corrected chi connectivity index (χ0v) is 6.04. The first-order valence-corrected chi connectivity index (χ1v) is 2.94. The van der Waals surface area contributed by atoms with Gasteiger partial charge in [0.05, 0.1) is 12.5 Å². The second-order valence-corrected chi connectivity index (χ2v) is 1.67. The molecule has 0 saturated carbocycles. The Morgan fingerprint density at radius 1 is 1.60 bits per heavy atom. The zero-order chi connectivity index (χ0) is 7.82. The number of allylic oxidation sites excluding steroid dienone is 1. The van der Waals surface area contributed by atoms with Gasteiger partial charge in [-0.25, -0.2) is 0 Å². The van der Waals surface area contributed by atoms with Crippen molar-refractivity contribution in [2.24, 2.45) is 0 Å². The molecule has 0 unspecified atom stereocenters. The van der Waals surface area contributed by atoms with Crippen molar-refractivity contribution < 1.29 is 10.6 Å². The van der Waals surface area contributed by atoms with E-state index in [0.717, 1.165) is 6.08 Å². The Balaban J connectivity index is 0. The van der Waals surface area contributed by atoms with Crippen molar-refractivity contribution in [3.63, 3.8) is 0 Å². The molecule has 0 N–H and O–H groups in total. The molecule has 0 aliphatic heterocycles. The van der Waals surface area contributed by atoms with Crippen molar-refractivity contribution in [1.29, 1.82) is 0 Å². The summed E-state index contributed by atoms with van der Waals surface area (Å²) < 4.78 is 4.58. The molecular weight excluding hydrogens is 152 g/mol. The molecule has 10 heavy (non-hydrogen) atoms. The van der Waals surface area contributed by atoms with E-state index in [1.54, 1.807) is 12.5 Å². The molecule has 1 heterocycles. The summed E-state index contributed by atoms with van der Waals surface area (Å²) in [7, 11) is 0. The first kappa shape index (κ1) is 8.98. The van der Waals surface area contributed by atoms with Gasteiger partial charge in [-0.3, -0.25) is 4.79 Å². The monoisotopic (exact) mass is 159 g/mol. The smallest absolute Gasteiger partial charge is 0.473 e. The standard InChI is InChI=1S/C4H4O.C3H3ClO/c1-2-4-5-3-1;1-2-3(4)5/h1-4H;2H,1H2/p+1. The number of halogens is 1. The van der Waals surface area contributed by atoms with Gasteiger partial charge in [-0.15, -0.1) is 0 Å². The summed E-state index contributed by atoms with van der Waals surface area (Å²) in [5.41, 5.74) is 0. The van der Waals surface area contributed by atoms with Gasteiger partial charge in [-0.1, -0.05) is 6.58 Å². The molecule has 0 aliphatic rings. The van der Waals surface area contributed by atoms with Crippen LogP contribution in [0.1, 0.15) is 1.43 Å². The lowest BCUT2D eigenvalue weighted by Crippen LogP contribution is -1.67. The maximum atomic E-state index is 9.46. The van der Waals surface area contributed by atoms with E-state index in [0.29, 0.717) is 0 Å². The van der Waals surface area contributed by atoms with Gasteiger partial charge < -0.3 is 4.42 Å². The van der Waals surface area contributed by atoms with Crippen LogP contribution >= 0.6 is 11.6 Å². The Morgan fingerprint density at radius 3 is 2.10 bits per heavy atom. The normalized spacial score (nSPS) is 7.30. The molecule has 0 aliphatic carbocycles. The molecule has 0 spiro atoms. The van der Waals surface area contributed by atoms with Crippen molar-refractivity contribution in [1.82, 2.24) is 0 Å². The lowest BCUT2D eigenvalue weighted by molar-refractivity contribution is -0.107. The van der Waals surface area contributed by atoms with Crippen LogP contribution in [0.3, 0.4) is 0 Å². The highest BCUT2D eigenvalue weighted by atomic mass is 35.5. The quantitative estimate of drug-likeness (QED) is 0.465. The molecule has 0 radical (unpaired) electrons. The lowest BCUT2D eigenvalue weighted by atomic mass is 10.7. The third-order valence-electron chi connectivity index (χ3n) is 0.586. The predicted molar refractivity (Wildman–Crippen MR) is 40.9 cm³/mol. The van der Waals surface area contributed by atoms with E-state index in [4.69, 9.17) is 11.6 Å². The Hall–Kier alpha value is -1.02. The molecule has 1 aromatic rings. The molecular formula is C7H8ClO2+. The average molecular weight is 160 g/mol. The summed E-state index contributed by atoms with van der Waals surface area (Å²) in [6.45, 7) is 3.08. The van der Waals surface area contributed by atoms with E-state index >= 15 is 0 Å². The third kappa shape index (κ3) is 6.98. The van der Waals surface area contributed by atoms with E-state index in [9.17, 15) is 4.79 Å². The minimum Gasteiger partial charge on any atom is -0.473 e. The largest absolute Gasteiger partial charge is 1.00 e. The topological polar surface area (TPSA) is 30.2 Å². The van der Waals surface area contributed by atoms with Crippen LogP contribution in [0.2, 0.25) is 0 Å². The summed E-state index contributed by atoms with van der Waals surface area (Å²) in [5.74, 6) is 0. The number of carbonyl (C=O) groups excluding carboxylic acids is 1. The van der Waals surface area contributed by atoms with Crippen LogP contribution in [0.25, 0.3) is 0 Å². The van der Waals surface area contributed by atoms with Gasteiger partial charge in [0.25, 0.3) is 0 Å². The third-order valence-corrected chi connectivity index (χ3v) is 0.740. The highest BCUT2D eigenvalue weighted by molar-refractivity contribution is 6.66. The molecule has 3 heteroatoms. The Morgan fingerprint density at radius 2 is 2.00 bits per heavy atom. The van der Waals surface area contributed by atoms with Gasteiger partial charge in [0.1, 0.15) is 0 Å². The molecule has 0 amide bonds. The first-order chi connectivity index (χ1) is 4.77. The molecule has 54 valence electrons. The van der Waals surface area contributed by atoms with Crippen molar-refractivity contribution in [3.8, 4) is 0 Å². The van der Waals surface area contributed by atoms with Gasteiger partial charge >= 0.3 is 1.43 Å². The average Bonchev–Trinajstić information content (AvgIpc) is 2.43. The fourth-order valence-electron chi connectivity index (χ4n) is 0.227. The van der Waals surface area contributed by atoms with Crippen LogP contribution in [0.4, 0.5) is 0 Å². The fourth-order valence-corrected chi connectivity index (χ4v) is 0.227. The van der Waals surface area contributed by atoms with Crippen LogP contribution in [0.5, 0.6) is 0 Å². The number of carbonyl (C=O) groups is 1. The molecule has 1 rings (SSSR count). The van der Waals surface area contributed by atoms with Gasteiger partial charge in [0.15, 0.2) is 0 Å². The zero-order valence-electron chi connectivity index (χ0n) is 6.29. The fraction of sp³-hybridized carbons (Fsp3) is 0. The van der Waals surface area contributed by atoms with E-state index in [-0.39, 0.29) is 1.43 Å². The molecule has 0 fully saturated rings. The minimum absolute atomic E-state index is 0. The Labute approximate surface area is 65.6 Å². The summed E-state index contributed by atoms with van der Waals surface area (Å²) in [6.07, 6.45) is 4.29. The van der Waals surface area contributed by atoms with Crippen LogP contribution in [0, 0.1) is 0 Å². The molecule has 0 atom stereocenters. The van der Waals surface area contributed by atoms with E-state index in [1.165, 1.54) is 0 Å². The van der Waals surface area contributed by atoms with Crippen molar-refractivity contribution in [2.45, 2.75) is 0 Å². The second-order valence-electron chi connectivity index (χ2n) is 1.30. The number of hydrogen-bond acceptors (Lipinski definition) is 2. The molecule has 2 nitrogen and oxygen atoms in total. The summed E-state index contributed by atoms with van der Waals surface area (Å²) in [5, 5.41) is -0.509. The van der Waals surface area contributed by atoms with E-state index < -0.39 is 5.24 Å². The van der Waals surface area contributed by atoms with Gasteiger partial charge in [-0.2, -0.15) is 0 Å². The van der Waals surface area contributed by atoms with Crippen molar-refractivity contribution >= 4 is 16.8 Å². The highest BCUT2D eigenvalue weighted by Gasteiger charge is 1.74. The van der Waals surface area contributed by atoms with E-state index in [2.05, 4.69) is 11.0 Å². The summed E-state index contributed by atoms with van der Waals surface area (Å²) in [4.78, 5) is 9.46. The second kappa shape index (κ2) is 6.11. The Kier molecular flexibility index (Phi) is 5.48. The van der Waals surface area contributed by atoms with Crippen LogP contribution in [0.15, 0.2) is 41.7 Å². The number of hydrogen-bond donors (Lipinski definition) is 0. The van der Waals surface area contributed by atoms with Gasteiger partial charge in [0, 0.05) is 0 Å². The van der Waals surface area contributed by atoms with Gasteiger partial charge in [-0.05, 0) is 29.8 Å². The maximum absolute atomic E-state index is 9.46. The number of furan rings is 1. The Bertz CT molecular complexity index is 167. The van der Waals surface area contributed by atoms with E-state index in [1.807, 2.05) is 12.1 Å². The first-order valence-electron chi connectivity index (χ1n) is 2.56. The maximum Gasteiger partial charge on any atom is 1.00 e. The predicted octanol–water partition coefficient (Wildman–Crippen LogP) is 2.33. The summed E-state index contributed by atoms with van der Waals surface area (Å²) >= 11 is 4.71. The lowest BCUT2D eigenvalue weighted by Gasteiger charge is -1.59. The number of rotatable bonds is 1. The molecule has 0 aromatic carbocycles. The molecule has 0 saturated heterocycles. The van der Waals surface area contributed by atoms with Gasteiger partial charge in [0.2, 0.25) is 5.24 Å². The van der Waals surface area contributed by atoms with Crippen molar-refractivity contribution in [3.05, 3.63) is 37.3 Å². The van der Waals surface area contributed by atoms with Crippen molar-refractivity contribution in [2.75, 3.05) is 0 Å². The molecule has 1 aromatic heterocycles. The summed E-state index contributed by atoms with van der Waals surface area (Å²) in [6, 6.07) is 3.67. The highest BCUT2D eigenvalue weighted by Crippen LogP contribution is 1.79.